The Labute approximate surface area is 218 Å². The normalized spacial score (nSPS) is 14.9. The van der Waals surface area contributed by atoms with Gasteiger partial charge in [0.05, 0.1) is 11.1 Å². The summed E-state index contributed by atoms with van der Waals surface area (Å²) in [7, 11) is 0. The number of hydrogen-bond acceptors (Lipinski definition) is 2. The van der Waals surface area contributed by atoms with Crippen LogP contribution in [0.15, 0.2) is 60.7 Å². The fraction of sp³-hybridized carbons (Fsp3) is 0.367. The Morgan fingerprint density at radius 1 is 0.842 bits per heavy atom. The van der Waals surface area contributed by atoms with Gasteiger partial charge in [0, 0.05) is 23.8 Å². The maximum Gasteiger partial charge on any atom is 0.416 e. The summed E-state index contributed by atoms with van der Waals surface area (Å²) in [6.45, 7) is 5.97. The van der Waals surface area contributed by atoms with Crippen molar-refractivity contribution in [2.45, 2.75) is 58.3 Å². The predicted octanol–water partition coefficient (Wildman–Crippen LogP) is 9.19. The van der Waals surface area contributed by atoms with Crippen LogP contribution in [0.1, 0.15) is 61.8 Å². The summed E-state index contributed by atoms with van der Waals surface area (Å²) in [4.78, 5) is 14.5. The van der Waals surface area contributed by atoms with Gasteiger partial charge in [0.1, 0.15) is 5.78 Å². The molecule has 0 aliphatic carbocycles. The van der Waals surface area contributed by atoms with Gasteiger partial charge >= 0.3 is 12.4 Å². The van der Waals surface area contributed by atoms with Crippen molar-refractivity contribution in [2.24, 2.45) is 5.92 Å². The zero-order valence-corrected chi connectivity index (χ0v) is 21.4. The number of carbonyl (C=O) groups excluding carboxylic acids is 1. The summed E-state index contributed by atoms with van der Waals surface area (Å²) in [5.41, 5.74) is 2.13. The molecule has 0 aromatic heterocycles. The Morgan fingerprint density at radius 3 is 2.05 bits per heavy atom. The molecule has 0 radical (unpaired) electrons. The van der Waals surface area contributed by atoms with Crippen LogP contribution in [0.3, 0.4) is 0 Å². The van der Waals surface area contributed by atoms with E-state index in [0.717, 1.165) is 36.2 Å². The summed E-state index contributed by atoms with van der Waals surface area (Å²) < 4.78 is 80.0. The first-order valence-corrected chi connectivity index (χ1v) is 12.5. The van der Waals surface area contributed by atoms with Crippen LogP contribution in [-0.4, -0.2) is 12.3 Å². The minimum atomic E-state index is -4.50. The fourth-order valence-corrected chi connectivity index (χ4v) is 5.04. The first-order chi connectivity index (χ1) is 17.7. The van der Waals surface area contributed by atoms with E-state index in [1.54, 1.807) is 12.1 Å². The molecule has 0 saturated carbocycles. The van der Waals surface area contributed by atoms with E-state index in [-0.39, 0.29) is 11.7 Å². The van der Waals surface area contributed by atoms with Crippen LogP contribution in [0.4, 0.5) is 37.7 Å². The van der Waals surface area contributed by atoms with E-state index >= 15 is 0 Å². The van der Waals surface area contributed by atoms with Crippen molar-refractivity contribution < 1.29 is 31.1 Å². The predicted molar refractivity (Wildman–Crippen MR) is 137 cm³/mol. The van der Waals surface area contributed by atoms with Gasteiger partial charge < -0.3 is 4.90 Å². The number of anilines is 2. The first-order valence-electron chi connectivity index (χ1n) is 12.5. The second-order valence-corrected chi connectivity index (χ2v) is 10.3. The monoisotopic (exact) mass is 533 g/mol. The molecule has 3 aromatic carbocycles. The van der Waals surface area contributed by atoms with E-state index in [1.807, 2.05) is 24.8 Å². The SMILES string of the molecule is CC(=O)C(CC(C)C)c1cc(-c2ccc(C(F)(F)F)cc2)cc(N2CCCc3ccc(C(F)(F)F)cc32)c1. The lowest BCUT2D eigenvalue weighted by Crippen LogP contribution is -2.25. The number of carbonyl (C=O) groups is 1. The molecule has 4 rings (SSSR count). The number of ketones is 1. The number of halogens is 6. The van der Waals surface area contributed by atoms with E-state index in [4.69, 9.17) is 0 Å². The molecule has 1 unspecified atom stereocenters. The highest BCUT2D eigenvalue weighted by atomic mass is 19.4. The molecule has 1 heterocycles. The average Bonchev–Trinajstić information content (AvgIpc) is 2.85. The number of hydrogen-bond donors (Lipinski definition) is 0. The lowest BCUT2D eigenvalue weighted by Gasteiger charge is -2.33. The second-order valence-electron chi connectivity index (χ2n) is 10.3. The molecule has 8 heteroatoms. The van der Waals surface area contributed by atoms with Crippen molar-refractivity contribution in [3.8, 4) is 11.1 Å². The average molecular weight is 534 g/mol. The Balaban J connectivity index is 1.88. The van der Waals surface area contributed by atoms with E-state index in [0.29, 0.717) is 47.5 Å². The van der Waals surface area contributed by atoms with Crippen molar-refractivity contribution in [1.82, 2.24) is 0 Å². The molecule has 0 saturated heterocycles. The molecule has 3 aromatic rings. The highest BCUT2D eigenvalue weighted by Crippen LogP contribution is 2.41. The molecule has 1 aliphatic rings. The highest BCUT2D eigenvalue weighted by molar-refractivity contribution is 5.85. The maximum atomic E-state index is 13.5. The van der Waals surface area contributed by atoms with Crippen molar-refractivity contribution >= 4 is 17.2 Å². The zero-order chi connectivity index (χ0) is 27.8. The quantitative estimate of drug-likeness (QED) is 0.295. The van der Waals surface area contributed by atoms with Crippen LogP contribution in [0.2, 0.25) is 0 Å². The molecule has 2 nitrogen and oxygen atoms in total. The van der Waals surface area contributed by atoms with Gasteiger partial charge in [0.2, 0.25) is 0 Å². The molecular formula is C30H29F6NO. The molecule has 38 heavy (non-hydrogen) atoms. The van der Waals surface area contributed by atoms with Crippen LogP contribution in [-0.2, 0) is 23.6 Å². The number of benzene rings is 3. The third-order valence-electron chi connectivity index (χ3n) is 6.93. The number of fused-ring (bicyclic) bond motifs is 1. The zero-order valence-electron chi connectivity index (χ0n) is 21.4. The van der Waals surface area contributed by atoms with Crippen LogP contribution >= 0.6 is 0 Å². The Kier molecular flexibility index (Phi) is 7.64. The van der Waals surface area contributed by atoms with Gasteiger partial charge in [-0.2, -0.15) is 26.3 Å². The lowest BCUT2D eigenvalue weighted by molar-refractivity contribution is -0.138. The molecule has 0 spiro atoms. The molecule has 0 amide bonds. The number of aryl methyl sites for hydroxylation is 1. The molecule has 0 N–H and O–H groups in total. The van der Waals surface area contributed by atoms with Crippen LogP contribution in [0.25, 0.3) is 11.1 Å². The van der Waals surface area contributed by atoms with Gasteiger partial charge in [-0.1, -0.05) is 38.1 Å². The van der Waals surface area contributed by atoms with E-state index in [1.165, 1.54) is 25.1 Å². The smallest absolute Gasteiger partial charge is 0.341 e. The van der Waals surface area contributed by atoms with Crippen LogP contribution in [0.5, 0.6) is 0 Å². The number of Topliss-reactive ketones (excluding diaryl/α,β-unsaturated/α-hetero) is 1. The molecule has 0 fully saturated rings. The second kappa shape index (κ2) is 10.5. The van der Waals surface area contributed by atoms with E-state index in [2.05, 4.69) is 0 Å². The van der Waals surface area contributed by atoms with E-state index in [9.17, 15) is 31.1 Å². The van der Waals surface area contributed by atoms with E-state index < -0.39 is 29.4 Å². The van der Waals surface area contributed by atoms with Crippen molar-refractivity contribution in [2.75, 3.05) is 11.4 Å². The highest BCUT2D eigenvalue weighted by Gasteiger charge is 2.33. The van der Waals surface area contributed by atoms with Crippen molar-refractivity contribution in [3.63, 3.8) is 0 Å². The summed E-state index contributed by atoms with van der Waals surface area (Å²) in [5, 5.41) is 0. The topological polar surface area (TPSA) is 20.3 Å². The Hall–Kier alpha value is -3.29. The molecule has 202 valence electrons. The Bertz CT molecular complexity index is 1310. The summed E-state index contributed by atoms with van der Waals surface area (Å²) in [6.07, 6.45) is -7.04. The molecule has 1 aliphatic heterocycles. The minimum Gasteiger partial charge on any atom is -0.341 e. The van der Waals surface area contributed by atoms with Gasteiger partial charge in [-0.05, 0) is 90.8 Å². The lowest BCUT2D eigenvalue weighted by atomic mass is 9.85. The third-order valence-corrected chi connectivity index (χ3v) is 6.93. The standard InChI is InChI=1S/C30H29F6NO/c1-18(2)13-27(19(3)38)23-14-22(20-6-9-24(10-7-20)29(31,32)33)15-26(16-23)37-12-4-5-21-8-11-25(17-28(21)37)30(34,35)36/h6-11,14-18,27H,4-5,12-13H2,1-3H3. The summed E-state index contributed by atoms with van der Waals surface area (Å²) in [5.74, 6) is -0.298. The van der Waals surface area contributed by atoms with Crippen molar-refractivity contribution in [1.29, 1.82) is 0 Å². The van der Waals surface area contributed by atoms with Gasteiger partial charge in [0.25, 0.3) is 0 Å². The first kappa shape index (κ1) is 27.7. The maximum absolute atomic E-state index is 13.5. The van der Waals surface area contributed by atoms with Crippen LogP contribution < -0.4 is 4.90 Å². The Morgan fingerprint density at radius 2 is 1.47 bits per heavy atom. The van der Waals surface area contributed by atoms with Crippen molar-refractivity contribution in [3.05, 3.63) is 82.9 Å². The largest absolute Gasteiger partial charge is 0.416 e. The summed E-state index contributed by atoms with van der Waals surface area (Å²) in [6, 6.07) is 13.9. The fourth-order valence-electron chi connectivity index (χ4n) is 5.04. The third kappa shape index (κ3) is 6.05. The number of nitrogens with zero attached hydrogens (tertiary/aromatic N) is 1. The molecular weight excluding hydrogens is 504 g/mol. The van der Waals surface area contributed by atoms with Crippen LogP contribution in [0, 0.1) is 5.92 Å². The molecule has 1 atom stereocenters. The minimum absolute atomic E-state index is 0.0485. The van der Waals surface area contributed by atoms with Gasteiger partial charge in [0.15, 0.2) is 0 Å². The summed E-state index contributed by atoms with van der Waals surface area (Å²) >= 11 is 0. The van der Waals surface area contributed by atoms with Gasteiger partial charge in [-0.15, -0.1) is 0 Å². The van der Waals surface area contributed by atoms with Gasteiger partial charge in [-0.3, -0.25) is 4.79 Å². The van der Waals surface area contributed by atoms with Gasteiger partial charge in [-0.25, -0.2) is 0 Å². The number of rotatable bonds is 6. The molecule has 0 bridgehead atoms. The number of alkyl halides is 6.